The van der Waals surface area contributed by atoms with Crippen molar-refractivity contribution in [1.29, 1.82) is 0 Å². The molecule has 0 bridgehead atoms. The Hall–Kier alpha value is -2.63. The molecule has 0 aliphatic heterocycles. The number of anilines is 2. The van der Waals surface area contributed by atoms with Gasteiger partial charge in [0, 0.05) is 11.9 Å². The summed E-state index contributed by atoms with van der Waals surface area (Å²) in [6.07, 6.45) is 2.55. The minimum atomic E-state index is -1.07. The zero-order valence-corrected chi connectivity index (χ0v) is 10.3. The monoisotopic (exact) mass is 259 g/mol. The van der Waals surface area contributed by atoms with E-state index in [0.29, 0.717) is 6.61 Å². The third kappa shape index (κ3) is 3.19. The molecule has 0 aliphatic carbocycles. The van der Waals surface area contributed by atoms with Crippen LogP contribution in [0.2, 0.25) is 0 Å². The molecular weight excluding hydrogens is 246 g/mol. The van der Waals surface area contributed by atoms with Crippen LogP contribution in [0.3, 0.4) is 0 Å². The van der Waals surface area contributed by atoms with Crippen LogP contribution in [0.25, 0.3) is 0 Å². The summed E-state index contributed by atoms with van der Waals surface area (Å²) in [5.41, 5.74) is 0.751. The summed E-state index contributed by atoms with van der Waals surface area (Å²) in [7, 11) is 0. The Balaban J connectivity index is 2.19. The van der Waals surface area contributed by atoms with Crippen molar-refractivity contribution in [2.75, 3.05) is 11.9 Å². The van der Waals surface area contributed by atoms with Gasteiger partial charge in [0.05, 0.1) is 6.61 Å². The molecule has 0 saturated carbocycles. The van der Waals surface area contributed by atoms with Crippen LogP contribution in [-0.4, -0.2) is 27.7 Å². The largest absolute Gasteiger partial charge is 0.494 e. The van der Waals surface area contributed by atoms with Gasteiger partial charge in [-0.3, -0.25) is 0 Å². The normalized spacial score (nSPS) is 9.95. The zero-order valence-electron chi connectivity index (χ0n) is 10.3. The summed E-state index contributed by atoms with van der Waals surface area (Å²) >= 11 is 0. The quantitative estimate of drug-likeness (QED) is 0.857. The third-order valence-corrected chi connectivity index (χ3v) is 2.37. The molecule has 0 saturated heterocycles. The van der Waals surface area contributed by atoms with Crippen molar-refractivity contribution in [2.45, 2.75) is 6.92 Å². The number of nitrogens with zero attached hydrogens (tertiary/aromatic N) is 2. The van der Waals surface area contributed by atoms with Gasteiger partial charge >= 0.3 is 5.97 Å². The predicted molar refractivity (Wildman–Crippen MR) is 69.9 cm³/mol. The number of aromatic nitrogens is 2. The Kier molecular flexibility index (Phi) is 3.92. The Labute approximate surface area is 110 Å². The van der Waals surface area contributed by atoms with Crippen molar-refractivity contribution in [3.63, 3.8) is 0 Å². The van der Waals surface area contributed by atoms with Gasteiger partial charge in [0.25, 0.3) is 0 Å². The Bertz CT molecular complexity index is 570. The number of hydrogen-bond acceptors (Lipinski definition) is 5. The lowest BCUT2D eigenvalue weighted by molar-refractivity contribution is 0.0697. The fourth-order valence-corrected chi connectivity index (χ4v) is 1.52. The van der Waals surface area contributed by atoms with Gasteiger partial charge < -0.3 is 15.2 Å². The molecule has 98 valence electrons. The smallest absolute Gasteiger partial charge is 0.341 e. The SMILES string of the molecule is CCOc1ccc(Nc2ncncc2C(=O)O)cc1. The van der Waals surface area contributed by atoms with E-state index in [4.69, 9.17) is 9.84 Å². The number of nitrogens with one attached hydrogen (secondary N) is 1. The van der Waals surface area contributed by atoms with Crippen molar-refractivity contribution in [3.8, 4) is 5.75 Å². The van der Waals surface area contributed by atoms with E-state index >= 15 is 0 Å². The van der Waals surface area contributed by atoms with Gasteiger partial charge in [-0.2, -0.15) is 0 Å². The van der Waals surface area contributed by atoms with Crippen LogP contribution in [-0.2, 0) is 0 Å². The first-order valence-electron chi connectivity index (χ1n) is 5.74. The first-order chi connectivity index (χ1) is 9.20. The zero-order chi connectivity index (χ0) is 13.7. The maximum Gasteiger partial charge on any atom is 0.341 e. The molecule has 6 nitrogen and oxygen atoms in total. The van der Waals surface area contributed by atoms with Crippen LogP contribution in [0.4, 0.5) is 11.5 Å². The van der Waals surface area contributed by atoms with Crippen molar-refractivity contribution < 1.29 is 14.6 Å². The second-order valence-corrected chi connectivity index (χ2v) is 3.67. The Morgan fingerprint density at radius 2 is 2.11 bits per heavy atom. The lowest BCUT2D eigenvalue weighted by Crippen LogP contribution is -2.05. The van der Waals surface area contributed by atoms with Gasteiger partial charge in [0.15, 0.2) is 0 Å². The fourth-order valence-electron chi connectivity index (χ4n) is 1.52. The highest BCUT2D eigenvalue weighted by Gasteiger charge is 2.11. The fraction of sp³-hybridized carbons (Fsp3) is 0.154. The van der Waals surface area contributed by atoms with Gasteiger partial charge in [-0.15, -0.1) is 0 Å². The lowest BCUT2D eigenvalue weighted by atomic mass is 10.2. The summed E-state index contributed by atoms with van der Waals surface area (Å²) < 4.78 is 5.33. The molecule has 2 N–H and O–H groups in total. The third-order valence-electron chi connectivity index (χ3n) is 2.37. The van der Waals surface area contributed by atoms with Gasteiger partial charge in [-0.05, 0) is 31.2 Å². The van der Waals surface area contributed by atoms with Crippen LogP contribution < -0.4 is 10.1 Å². The first-order valence-corrected chi connectivity index (χ1v) is 5.74. The molecule has 6 heteroatoms. The lowest BCUT2D eigenvalue weighted by Gasteiger charge is -2.08. The molecule has 2 rings (SSSR count). The molecule has 1 heterocycles. The van der Waals surface area contributed by atoms with Crippen LogP contribution in [0.15, 0.2) is 36.8 Å². The van der Waals surface area contributed by atoms with Crippen LogP contribution >= 0.6 is 0 Å². The minimum Gasteiger partial charge on any atom is -0.494 e. The Morgan fingerprint density at radius 1 is 1.37 bits per heavy atom. The molecule has 0 unspecified atom stereocenters. The number of aromatic carboxylic acids is 1. The molecule has 0 atom stereocenters. The molecule has 0 radical (unpaired) electrons. The summed E-state index contributed by atoms with van der Waals surface area (Å²) in [5.74, 6) is -0.0603. The average molecular weight is 259 g/mol. The van der Waals surface area contributed by atoms with Gasteiger partial charge in [-0.1, -0.05) is 0 Å². The summed E-state index contributed by atoms with van der Waals surface area (Å²) in [6, 6.07) is 7.18. The molecule has 2 aromatic rings. The highest BCUT2D eigenvalue weighted by atomic mass is 16.5. The average Bonchev–Trinajstić information content (AvgIpc) is 2.42. The number of ether oxygens (including phenoxy) is 1. The topological polar surface area (TPSA) is 84.3 Å². The number of carboxylic acids is 1. The van der Waals surface area contributed by atoms with Crippen LogP contribution in [0.5, 0.6) is 5.75 Å². The van der Waals surface area contributed by atoms with Crippen molar-refractivity contribution in [1.82, 2.24) is 9.97 Å². The molecule has 0 fully saturated rings. The summed E-state index contributed by atoms with van der Waals surface area (Å²) in [5, 5.41) is 12.0. The minimum absolute atomic E-state index is 0.0244. The van der Waals surface area contributed by atoms with E-state index in [1.165, 1.54) is 12.5 Å². The van der Waals surface area contributed by atoms with Crippen molar-refractivity contribution >= 4 is 17.5 Å². The Morgan fingerprint density at radius 3 is 2.74 bits per heavy atom. The molecule has 1 aromatic carbocycles. The second-order valence-electron chi connectivity index (χ2n) is 3.67. The highest BCUT2D eigenvalue weighted by molar-refractivity contribution is 5.93. The molecule has 0 spiro atoms. The van der Waals surface area contributed by atoms with Crippen LogP contribution in [0, 0.1) is 0 Å². The van der Waals surface area contributed by atoms with Gasteiger partial charge in [-0.25, -0.2) is 14.8 Å². The maximum absolute atomic E-state index is 11.0. The predicted octanol–water partition coefficient (Wildman–Crippen LogP) is 2.32. The van der Waals surface area contributed by atoms with Crippen molar-refractivity contribution in [3.05, 3.63) is 42.4 Å². The van der Waals surface area contributed by atoms with E-state index in [-0.39, 0.29) is 11.4 Å². The van der Waals surface area contributed by atoms with E-state index in [0.717, 1.165) is 11.4 Å². The number of rotatable bonds is 5. The van der Waals surface area contributed by atoms with E-state index < -0.39 is 5.97 Å². The van der Waals surface area contributed by atoms with E-state index in [1.54, 1.807) is 24.3 Å². The van der Waals surface area contributed by atoms with Gasteiger partial charge in [0.1, 0.15) is 23.5 Å². The molecule has 0 amide bonds. The number of hydrogen-bond donors (Lipinski definition) is 2. The maximum atomic E-state index is 11.0. The standard InChI is InChI=1S/C13H13N3O3/c1-2-19-10-5-3-9(4-6-10)16-12-11(13(17)18)7-14-8-15-12/h3-8H,2H2,1H3,(H,17,18)(H,14,15,16). The number of benzene rings is 1. The number of carboxylic acid groups (broad SMARTS) is 1. The molecular formula is C13H13N3O3. The van der Waals surface area contributed by atoms with Crippen LogP contribution in [0.1, 0.15) is 17.3 Å². The first kappa shape index (κ1) is 12.8. The van der Waals surface area contributed by atoms with E-state index in [1.807, 2.05) is 6.92 Å². The number of carbonyl (C=O) groups is 1. The van der Waals surface area contributed by atoms with Crippen molar-refractivity contribution in [2.24, 2.45) is 0 Å². The summed E-state index contributed by atoms with van der Waals surface area (Å²) in [6.45, 7) is 2.51. The van der Waals surface area contributed by atoms with Gasteiger partial charge in [0.2, 0.25) is 0 Å². The highest BCUT2D eigenvalue weighted by Crippen LogP contribution is 2.20. The second kappa shape index (κ2) is 5.81. The molecule has 1 aromatic heterocycles. The molecule has 0 aliphatic rings. The van der Waals surface area contributed by atoms with E-state index in [2.05, 4.69) is 15.3 Å². The molecule has 19 heavy (non-hydrogen) atoms. The van der Waals surface area contributed by atoms with E-state index in [9.17, 15) is 4.79 Å². The summed E-state index contributed by atoms with van der Waals surface area (Å²) in [4.78, 5) is 18.6.